The van der Waals surface area contributed by atoms with Crippen LogP contribution in [0, 0.1) is 17.2 Å². The van der Waals surface area contributed by atoms with Crippen molar-refractivity contribution >= 4 is 23.6 Å². The summed E-state index contributed by atoms with van der Waals surface area (Å²) >= 11 is 0. The highest BCUT2D eigenvalue weighted by Crippen LogP contribution is 2.35. The molecule has 12 nitrogen and oxygen atoms in total. The van der Waals surface area contributed by atoms with E-state index in [1.807, 2.05) is 12.3 Å². The molecular weight excluding hydrogens is 598 g/mol. The number of piperazine rings is 1. The fraction of sp³-hybridized carbons (Fsp3) is 0.457. The average molecular weight is 640 g/mol. The van der Waals surface area contributed by atoms with Crippen LogP contribution in [0.1, 0.15) is 50.7 Å². The normalized spacial score (nSPS) is 18.4. The largest absolute Gasteiger partial charge is 0.477 e. The van der Waals surface area contributed by atoms with Gasteiger partial charge in [-0.1, -0.05) is 24.3 Å². The lowest BCUT2D eigenvalue weighted by Crippen LogP contribution is -2.56. The number of piperidine rings is 1. The Balaban J connectivity index is 1.12. The number of aromatic amines is 1. The van der Waals surface area contributed by atoms with Crippen molar-refractivity contribution < 1.29 is 24.2 Å². The van der Waals surface area contributed by atoms with Crippen molar-refractivity contribution in [3.63, 3.8) is 0 Å². The van der Waals surface area contributed by atoms with Crippen LogP contribution in [0.2, 0.25) is 0 Å². The summed E-state index contributed by atoms with van der Waals surface area (Å²) < 4.78 is 6.24. The number of rotatable bonds is 9. The van der Waals surface area contributed by atoms with E-state index in [1.54, 1.807) is 37.1 Å². The van der Waals surface area contributed by atoms with E-state index in [1.165, 1.54) is 4.90 Å². The van der Waals surface area contributed by atoms with Crippen molar-refractivity contribution in [2.75, 3.05) is 44.2 Å². The number of carboxylic acid groups (broad SMARTS) is 1. The quantitative estimate of drug-likeness (QED) is 0.352. The zero-order valence-electron chi connectivity index (χ0n) is 26.9. The third-order valence-corrected chi connectivity index (χ3v) is 9.35. The molecule has 3 aliphatic rings. The molecule has 1 aliphatic carbocycles. The Labute approximate surface area is 274 Å². The van der Waals surface area contributed by atoms with Gasteiger partial charge in [-0.25, -0.2) is 4.79 Å². The molecule has 3 heterocycles. The van der Waals surface area contributed by atoms with Crippen LogP contribution in [-0.2, 0) is 16.1 Å². The molecule has 3 amide bonds. The number of hydrogen-bond donors (Lipinski definition) is 2. The first-order chi connectivity index (χ1) is 22.6. The van der Waals surface area contributed by atoms with E-state index in [2.05, 4.69) is 50.3 Å². The Morgan fingerprint density at radius 1 is 1.02 bits per heavy atom. The van der Waals surface area contributed by atoms with Gasteiger partial charge in [-0.3, -0.25) is 14.7 Å². The Bertz CT molecular complexity index is 1640. The Morgan fingerprint density at radius 3 is 2.38 bits per heavy atom. The van der Waals surface area contributed by atoms with Crippen LogP contribution in [0.15, 0.2) is 54.9 Å². The number of H-pyrrole nitrogens is 1. The van der Waals surface area contributed by atoms with Gasteiger partial charge in [-0.2, -0.15) is 10.4 Å². The van der Waals surface area contributed by atoms with Crippen molar-refractivity contribution in [3.8, 4) is 22.9 Å². The van der Waals surface area contributed by atoms with Crippen molar-refractivity contribution in [1.29, 1.82) is 5.26 Å². The van der Waals surface area contributed by atoms with Crippen LogP contribution in [0.5, 0.6) is 5.75 Å². The second-order valence-corrected chi connectivity index (χ2v) is 13.1. The number of nitriles is 1. The van der Waals surface area contributed by atoms with Gasteiger partial charge in [0.05, 0.1) is 17.7 Å². The summed E-state index contributed by atoms with van der Waals surface area (Å²) in [5.74, 6) is 0.0594. The van der Waals surface area contributed by atoms with Crippen LogP contribution in [0.4, 0.5) is 10.5 Å². The lowest BCUT2D eigenvalue weighted by atomic mass is 9.95. The molecule has 246 valence electrons. The Kier molecular flexibility index (Phi) is 9.07. The molecule has 0 bridgehead atoms. The molecule has 2 N–H and O–H groups in total. The molecule has 3 aromatic rings. The van der Waals surface area contributed by atoms with Crippen LogP contribution in [-0.4, -0.2) is 98.8 Å². The van der Waals surface area contributed by atoms with Crippen LogP contribution in [0.3, 0.4) is 0 Å². The predicted octanol–water partition coefficient (Wildman–Crippen LogP) is 4.34. The molecule has 2 aliphatic heterocycles. The number of aromatic nitrogens is 2. The number of nitrogens with one attached hydrogen (secondary N) is 1. The van der Waals surface area contributed by atoms with E-state index in [0.717, 1.165) is 54.6 Å². The molecule has 2 saturated heterocycles. The maximum atomic E-state index is 14.0. The maximum Gasteiger partial charge on any atom is 0.407 e. The SMILES string of the molecule is CC(C)(Oc1cc(N2CCC[C@@H](C(=O)N(Cc3ccc(-c4cn[nH]c4)cc3)C3CC3)C2)ccc1C#N)C(=O)N1CCN(C(=O)O)CC1. The topological polar surface area (TPSA) is 146 Å². The Hall–Kier alpha value is -5.05. The molecule has 6 rings (SSSR count). The predicted molar refractivity (Wildman–Crippen MR) is 175 cm³/mol. The van der Waals surface area contributed by atoms with Gasteiger partial charge in [0.25, 0.3) is 5.91 Å². The average Bonchev–Trinajstić information content (AvgIpc) is 3.78. The maximum absolute atomic E-state index is 14.0. The zero-order chi connectivity index (χ0) is 33.1. The number of hydrogen-bond acceptors (Lipinski definition) is 7. The highest BCUT2D eigenvalue weighted by Gasteiger charge is 2.39. The molecule has 47 heavy (non-hydrogen) atoms. The fourth-order valence-corrected chi connectivity index (χ4v) is 6.51. The molecule has 1 aromatic heterocycles. The second-order valence-electron chi connectivity index (χ2n) is 13.1. The molecule has 1 atom stereocenters. The minimum Gasteiger partial charge on any atom is -0.477 e. The second kappa shape index (κ2) is 13.4. The molecule has 0 radical (unpaired) electrons. The standard InChI is InChI=1S/C35H41N7O5/c1-35(2,33(44)39-14-16-40(17-15-39)34(45)46)47-31-18-30(10-9-26(31)19-36)41-13-3-4-27(23-41)32(43)42(29-11-12-29)22-24-5-7-25(8-6-24)28-20-37-38-21-28/h5-10,18,20-21,27,29H,3-4,11-17,22-23H2,1-2H3,(H,37,38)(H,45,46)/t27-/m1/s1. The van der Waals surface area contributed by atoms with Gasteiger partial charge < -0.3 is 29.4 Å². The number of anilines is 1. The molecule has 0 unspecified atom stereocenters. The summed E-state index contributed by atoms with van der Waals surface area (Å²) in [6.45, 7) is 6.27. The van der Waals surface area contributed by atoms with Gasteiger partial charge in [-0.15, -0.1) is 0 Å². The van der Waals surface area contributed by atoms with E-state index in [9.17, 15) is 24.8 Å². The molecule has 3 fully saturated rings. The number of benzene rings is 2. The van der Waals surface area contributed by atoms with E-state index in [-0.39, 0.29) is 50.0 Å². The van der Waals surface area contributed by atoms with Gasteiger partial charge in [-0.05, 0) is 62.8 Å². The number of nitrogens with zero attached hydrogens (tertiary/aromatic N) is 6. The minimum atomic E-state index is -1.28. The van der Waals surface area contributed by atoms with E-state index in [0.29, 0.717) is 24.4 Å². The van der Waals surface area contributed by atoms with E-state index >= 15 is 0 Å². The minimum absolute atomic E-state index is 0.156. The molecule has 2 aromatic carbocycles. The smallest absolute Gasteiger partial charge is 0.407 e. The van der Waals surface area contributed by atoms with Crippen LogP contribution >= 0.6 is 0 Å². The van der Waals surface area contributed by atoms with Gasteiger partial charge in [0.2, 0.25) is 5.91 Å². The summed E-state index contributed by atoms with van der Waals surface area (Å²) in [6, 6.07) is 16.1. The van der Waals surface area contributed by atoms with Gasteiger partial charge in [0.15, 0.2) is 5.60 Å². The van der Waals surface area contributed by atoms with E-state index in [4.69, 9.17) is 4.74 Å². The molecule has 0 spiro atoms. The number of ether oxygens (including phenoxy) is 1. The van der Waals surface area contributed by atoms with Crippen molar-refractivity contribution in [2.45, 2.75) is 57.7 Å². The number of amides is 3. The van der Waals surface area contributed by atoms with Crippen molar-refractivity contribution in [2.24, 2.45) is 5.92 Å². The third kappa shape index (κ3) is 7.19. The molecular formula is C35H41N7O5. The summed E-state index contributed by atoms with van der Waals surface area (Å²) in [5.41, 5.74) is 3.07. The lowest BCUT2D eigenvalue weighted by molar-refractivity contribution is -0.147. The summed E-state index contributed by atoms with van der Waals surface area (Å²) in [7, 11) is 0. The monoisotopic (exact) mass is 639 g/mol. The fourth-order valence-electron chi connectivity index (χ4n) is 6.51. The highest BCUT2D eigenvalue weighted by atomic mass is 16.5. The van der Waals surface area contributed by atoms with Crippen LogP contribution in [0.25, 0.3) is 11.1 Å². The van der Waals surface area contributed by atoms with Crippen LogP contribution < -0.4 is 9.64 Å². The number of carbonyl (C=O) groups is 3. The van der Waals surface area contributed by atoms with E-state index < -0.39 is 11.7 Å². The summed E-state index contributed by atoms with van der Waals surface area (Å²) in [5, 5.41) is 26.0. The van der Waals surface area contributed by atoms with Gasteiger partial charge in [0.1, 0.15) is 11.8 Å². The molecule has 1 saturated carbocycles. The Morgan fingerprint density at radius 2 is 1.74 bits per heavy atom. The lowest BCUT2D eigenvalue weighted by Gasteiger charge is -2.38. The van der Waals surface area contributed by atoms with Gasteiger partial charge in [0, 0.05) is 75.4 Å². The van der Waals surface area contributed by atoms with Crippen molar-refractivity contribution in [1.82, 2.24) is 24.9 Å². The number of carbonyl (C=O) groups excluding carboxylic acids is 2. The van der Waals surface area contributed by atoms with Crippen molar-refractivity contribution in [3.05, 3.63) is 66.0 Å². The summed E-state index contributed by atoms with van der Waals surface area (Å²) in [6.07, 6.45) is 6.37. The zero-order valence-corrected chi connectivity index (χ0v) is 26.9. The first-order valence-electron chi connectivity index (χ1n) is 16.3. The highest BCUT2D eigenvalue weighted by molar-refractivity contribution is 5.85. The molecule has 12 heteroatoms. The first kappa shape index (κ1) is 31.9. The third-order valence-electron chi connectivity index (χ3n) is 9.35. The first-order valence-corrected chi connectivity index (χ1v) is 16.3. The van der Waals surface area contributed by atoms with Gasteiger partial charge >= 0.3 is 6.09 Å². The summed E-state index contributed by atoms with van der Waals surface area (Å²) in [4.78, 5) is 45.8.